The third-order valence-electron chi connectivity index (χ3n) is 2.39. The molecule has 0 unspecified atom stereocenters. The molecular weight excluding hydrogens is 394 g/mol. The van der Waals surface area contributed by atoms with Crippen LogP contribution in [0.15, 0.2) is 49.2 Å². The Morgan fingerprint density at radius 3 is 2.53 bits per heavy atom. The predicted molar refractivity (Wildman–Crippen MR) is 81.9 cm³/mol. The van der Waals surface area contributed by atoms with Crippen molar-refractivity contribution in [3.63, 3.8) is 0 Å². The van der Waals surface area contributed by atoms with E-state index in [0.29, 0.717) is 4.47 Å². The summed E-state index contributed by atoms with van der Waals surface area (Å²) >= 11 is 8.06. The summed E-state index contributed by atoms with van der Waals surface area (Å²) in [6.45, 7) is 1.92. The number of carboxylic acid groups (broad SMARTS) is 1. The summed E-state index contributed by atoms with van der Waals surface area (Å²) in [5.41, 5.74) is 1.15. The Kier molecular flexibility index (Phi) is 4.65. The van der Waals surface area contributed by atoms with E-state index in [1.54, 1.807) is 12.1 Å². The fourth-order valence-corrected chi connectivity index (χ4v) is 2.94. The third kappa shape index (κ3) is 3.58. The number of rotatable bonds is 3. The Morgan fingerprint density at radius 2 is 1.89 bits per heavy atom. The Morgan fingerprint density at radius 1 is 1.21 bits per heavy atom. The van der Waals surface area contributed by atoms with Crippen LogP contribution in [0.4, 0.5) is 0 Å². The van der Waals surface area contributed by atoms with Crippen molar-refractivity contribution < 1.29 is 9.90 Å². The highest BCUT2D eigenvalue weighted by Gasteiger charge is 2.10. The van der Waals surface area contributed by atoms with Gasteiger partial charge in [-0.05, 0) is 69.1 Å². The second kappa shape index (κ2) is 6.07. The number of aromatic carboxylic acids is 1. The fraction of sp³-hybridized carbons (Fsp3) is 0.0769. The first-order chi connectivity index (χ1) is 8.97. The van der Waals surface area contributed by atoms with Crippen LogP contribution in [0.3, 0.4) is 0 Å². The summed E-state index contributed by atoms with van der Waals surface area (Å²) in [5, 5.41) is 9.91. The standard InChI is InChI=1S/C13H9Br2NO2S/c1-7-10(14)4-5-12(16-7)19-8-2-3-11(15)9(6-8)13(17)18/h2-6H,1H3,(H,17,18). The normalized spacial score (nSPS) is 10.5. The van der Waals surface area contributed by atoms with Gasteiger partial charge in [-0.2, -0.15) is 0 Å². The number of carboxylic acids is 1. The first-order valence-electron chi connectivity index (χ1n) is 5.31. The van der Waals surface area contributed by atoms with Crippen molar-refractivity contribution in [3.05, 3.63) is 50.5 Å². The zero-order valence-corrected chi connectivity index (χ0v) is 13.8. The lowest BCUT2D eigenvalue weighted by molar-refractivity contribution is 0.0695. The largest absolute Gasteiger partial charge is 0.478 e. The van der Waals surface area contributed by atoms with Gasteiger partial charge in [0.05, 0.1) is 11.3 Å². The van der Waals surface area contributed by atoms with Crippen molar-refractivity contribution in [2.45, 2.75) is 16.8 Å². The van der Waals surface area contributed by atoms with Crippen LogP contribution in [0.1, 0.15) is 16.1 Å². The lowest BCUT2D eigenvalue weighted by Gasteiger charge is -2.05. The van der Waals surface area contributed by atoms with Gasteiger partial charge in [0.1, 0.15) is 5.03 Å². The maximum atomic E-state index is 11.1. The molecule has 0 saturated carbocycles. The smallest absolute Gasteiger partial charge is 0.336 e. The topological polar surface area (TPSA) is 50.2 Å². The lowest BCUT2D eigenvalue weighted by atomic mass is 10.2. The van der Waals surface area contributed by atoms with Gasteiger partial charge in [0.2, 0.25) is 0 Å². The highest BCUT2D eigenvalue weighted by molar-refractivity contribution is 9.10. The molecule has 0 fully saturated rings. The Bertz CT molecular complexity index is 647. The quantitative estimate of drug-likeness (QED) is 0.803. The molecule has 0 bridgehead atoms. The average molecular weight is 403 g/mol. The van der Waals surface area contributed by atoms with Crippen LogP contribution in [0.2, 0.25) is 0 Å². The average Bonchev–Trinajstić information content (AvgIpc) is 2.36. The zero-order chi connectivity index (χ0) is 14.0. The van der Waals surface area contributed by atoms with Crippen molar-refractivity contribution in [3.8, 4) is 0 Å². The molecule has 0 spiro atoms. The van der Waals surface area contributed by atoms with Gasteiger partial charge < -0.3 is 5.11 Å². The molecule has 0 aliphatic heterocycles. The van der Waals surface area contributed by atoms with Gasteiger partial charge in [0.15, 0.2) is 0 Å². The van der Waals surface area contributed by atoms with Crippen molar-refractivity contribution >= 4 is 49.6 Å². The van der Waals surface area contributed by atoms with E-state index in [0.717, 1.165) is 20.1 Å². The minimum Gasteiger partial charge on any atom is -0.478 e. The zero-order valence-electron chi connectivity index (χ0n) is 9.85. The SMILES string of the molecule is Cc1nc(Sc2ccc(Br)c(C(=O)O)c2)ccc1Br. The third-order valence-corrected chi connectivity index (χ3v) is 4.84. The summed E-state index contributed by atoms with van der Waals surface area (Å²) < 4.78 is 1.53. The van der Waals surface area contributed by atoms with Gasteiger partial charge in [-0.1, -0.05) is 11.8 Å². The van der Waals surface area contributed by atoms with Crippen molar-refractivity contribution in [2.75, 3.05) is 0 Å². The van der Waals surface area contributed by atoms with Crippen LogP contribution in [-0.2, 0) is 0 Å². The molecule has 0 aliphatic rings. The summed E-state index contributed by atoms with van der Waals surface area (Å²) in [5.74, 6) is -0.950. The van der Waals surface area contributed by atoms with Gasteiger partial charge in [0.25, 0.3) is 0 Å². The highest BCUT2D eigenvalue weighted by Crippen LogP contribution is 2.30. The molecule has 1 aromatic carbocycles. The number of nitrogens with zero attached hydrogens (tertiary/aromatic N) is 1. The second-order valence-corrected chi connectivity index (χ2v) is 6.57. The summed E-state index contributed by atoms with van der Waals surface area (Å²) in [7, 11) is 0. The Labute approximate surface area is 131 Å². The number of halogens is 2. The molecule has 0 amide bonds. The van der Waals surface area contributed by atoms with Crippen molar-refractivity contribution in [2.24, 2.45) is 0 Å². The number of benzene rings is 1. The van der Waals surface area contributed by atoms with E-state index >= 15 is 0 Å². The van der Waals surface area contributed by atoms with Crippen LogP contribution < -0.4 is 0 Å². The molecule has 1 heterocycles. The van der Waals surface area contributed by atoms with Gasteiger partial charge in [-0.3, -0.25) is 0 Å². The van der Waals surface area contributed by atoms with E-state index in [9.17, 15) is 4.79 Å². The maximum Gasteiger partial charge on any atom is 0.336 e. The van der Waals surface area contributed by atoms with Gasteiger partial charge in [-0.15, -0.1) is 0 Å². The van der Waals surface area contributed by atoms with E-state index < -0.39 is 5.97 Å². The van der Waals surface area contributed by atoms with Gasteiger partial charge in [-0.25, -0.2) is 9.78 Å². The molecule has 1 N–H and O–H groups in total. The molecule has 3 nitrogen and oxygen atoms in total. The molecule has 2 rings (SSSR count). The summed E-state index contributed by atoms with van der Waals surface area (Å²) in [4.78, 5) is 16.3. The number of hydrogen-bond donors (Lipinski definition) is 1. The van der Waals surface area contributed by atoms with Gasteiger partial charge in [0, 0.05) is 13.8 Å². The second-order valence-electron chi connectivity index (χ2n) is 3.77. The summed E-state index contributed by atoms with van der Waals surface area (Å²) in [6.07, 6.45) is 0. The first-order valence-corrected chi connectivity index (χ1v) is 7.71. The maximum absolute atomic E-state index is 11.1. The number of aryl methyl sites for hydroxylation is 1. The molecule has 2 aromatic rings. The van der Waals surface area contributed by atoms with E-state index in [-0.39, 0.29) is 5.56 Å². The van der Waals surface area contributed by atoms with E-state index in [2.05, 4.69) is 36.8 Å². The van der Waals surface area contributed by atoms with Crippen LogP contribution in [0.5, 0.6) is 0 Å². The monoisotopic (exact) mass is 401 g/mol. The molecule has 6 heteroatoms. The fourth-order valence-electron chi connectivity index (χ4n) is 1.43. The molecule has 0 saturated heterocycles. The van der Waals surface area contributed by atoms with Crippen LogP contribution >= 0.6 is 43.6 Å². The number of hydrogen-bond acceptors (Lipinski definition) is 3. The van der Waals surface area contributed by atoms with Crippen LogP contribution in [0.25, 0.3) is 0 Å². The minimum atomic E-state index is -0.950. The predicted octanol–water partition coefficient (Wildman–Crippen LogP) is 4.76. The molecule has 0 atom stereocenters. The lowest BCUT2D eigenvalue weighted by Crippen LogP contribution is -1.97. The van der Waals surface area contributed by atoms with E-state index in [4.69, 9.17) is 5.11 Å². The van der Waals surface area contributed by atoms with Crippen molar-refractivity contribution in [1.82, 2.24) is 4.98 Å². The highest BCUT2D eigenvalue weighted by atomic mass is 79.9. The van der Waals surface area contributed by atoms with E-state index in [1.165, 1.54) is 11.8 Å². The molecule has 0 aliphatic carbocycles. The van der Waals surface area contributed by atoms with Crippen LogP contribution in [-0.4, -0.2) is 16.1 Å². The number of pyridine rings is 1. The number of carbonyl (C=O) groups is 1. The molecule has 0 radical (unpaired) electrons. The molecule has 98 valence electrons. The Balaban J connectivity index is 2.30. The minimum absolute atomic E-state index is 0.249. The van der Waals surface area contributed by atoms with Crippen LogP contribution in [0, 0.1) is 6.92 Å². The first kappa shape index (κ1) is 14.6. The number of aromatic nitrogens is 1. The van der Waals surface area contributed by atoms with Crippen molar-refractivity contribution in [1.29, 1.82) is 0 Å². The molecular formula is C13H9Br2NO2S. The summed E-state index contributed by atoms with van der Waals surface area (Å²) in [6, 6.07) is 9.06. The molecule has 1 aromatic heterocycles. The van der Waals surface area contributed by atoms with E-state index in [1.807, 2.05) is 25.1 Å². The Hall–Kier alpha value is -0.850. The van der Waals surface area contributed by atoms with Gasteiger partial charge >= 0.3 is 5.97 Å². The molecule has 19 heavy (non-hydrogen) atoms.